The van der Waals surface area contributed by atoms with Crippen LogP contribution in [0.5, 0.6) is 0 Å². The SMILES string of the molecule is CNC(=O)c1ccc(CCc2sc(NC(C)=O)nc2CCc2ccc(N=CNN)cc2)cc1. The minimum absolute atomic E-state index is 0.0953. The number of nitrogens with two attached hydrogens (primary N) is 1. The molecule has 1 aromatic heterocycles. The highest BCUT2D eigenvalue weighted by atomic mass is 32.1. The number of hydrogen-bond donors (Lipinski definition) is 4. The first kappa shape index (κ1) is 24.1. The van der Waals surface area contributed by atoms with Gasteiger partial charge in [0.2, 0.25) is 5.91 Å². The molecule has 0 fully saturated rings. The molecule has 0 spiro atoms. The topological polar surface area (TPSA) is 122 Å². The number of aromatic nitrogens is 1. The molecule has 0 saturated heterocycles. The Hall–Kier alpha value is -3.56. The van der Waals surface area contributed by atoms with Gasteiger partial charge in [-0.05, 0) is 61.1 Å². The minimum atomic E-state index is -0.130. The maximum atomic E-state index is 11.7. The molecule has 0 radical (unpaired) electrons. The first-order valence-electron chi connectivity index (χ1n) is 10.6. The highest BCUT2D eigenvalue weighted by molar-refractivity contribution is 7.15. The number of thiazole rings is 1. The molecular weight excluding hydrogens is 436 g/mol. The lowest BCUT2D eigenvalue weighted by Gasteiger charge is -2.05. The number of aryl methyl sites for hydroxylation is 4. The van der Waals surface area contributed by atoms with E-state index in [1.165, 1.54) is 30.2 Å². The maximum absolute atomic E-state index is 11.7. The number of anilines is 1. The number of rotatable bonds is 10. The van der Waals surface area contributed by atoms with Gasteiger partial charge in [0.1, 0.15) is 6.34 Å². The molecular formula is C24H28N6O2S. The van der Waals surface area contributed by atoms with Crippen LogP contribution >= 0.6 is 11.3 Å². The first-order valence-corrected chi connectivity index (χ1v) is 11.4. The molecule has 0 unspecified atom stereocenters. The normalized spacial score (nSPS) is 10.9. The van der Waals surface area contributed by atoms with Crippen molar-refractivity contribution in [2.24, 2.45) is 10.8 Å². The third kappa shape index (κ3) is 7.23. The third-order valence-electron chi connectivity index (χ3n) is 5.02. The van der Waals surface area contributed by atoms with Crippen LogP contribution < -0.4 is 21.9 Å². The highest BCUT2D eigenvalue weighted by Crippen LogP contribution is 2.26. The summed E-state index contributed by atoms with van der Waals surface area (Å²) in [6.07, 6.45) is 4.67. The summed E-state index contributed by atoms with van der Waals surface area (Å²) in [6, 6.07) is 15.6. The quantitative estimate of drug-likeness (QED) is 0.159. The number of nitrogens with zero attached hydrogens (tertiary/aromatic N) is 2. The van der Waals surface area contributed by atoms with Crippen LogP contribution in [-0.4, -0.2) is 30.2 Å². The van der Waals surface area contributed by atoms with Gasteiger partial charge < -0.3 is 16.1 Å². The average molecular weight is 465 g/mol. The zero-order chi connectivity index (χ0) is 23.6. The Balaban J connectivity index is 1.68. The van der Waals surface area contributed by atoms with Crippen molar-refractivity contribution in [1.82, 2.24) is 15.7 Å². The molecule has 1 heterocycles. The number of amides is 2. The Kier molecular flexibility index (Phi) is 8.68. The standard InChI is InChI=1S/C24H28N6O2S/c1-16(31)29-24-30-21(13-7-18-5-11-20(12-6-18)27-15-28-25)22(33-24)14-8-17-3-9-19(10-4-17)23(32)26-2/h3-6,9-12,15H,7-8,13-14,25H2,1-2H3,(H,26,32)(H,27,28)(H,29,30,31). The van der Waals surface area contributed by atoms with E-state index >= 15 is 0 Å². The predicted molar refractivity (Wildman–Crippen MR) is 133 cm³/mol. The number of hydrazine groups is 1. The van der Waals surface area contributed by atoms with E-state index in [1.54, 1.807) is 7.05 Å². The van der Waals surface area contributed by atoms with E-state index in [2.05, 4.69) is 26.0 Å². The Bertz CT molecular complexity index is 1110. The summed E-state index contributed by atoms with van der Waals surface area (Å²) < 4.78 is 0. The van der Waals surface area contributed by atoms with Crippen LogP contribution in [0.15, 0.2) is 53.5 Å². The van der Waals surface area contributed by atoms with Crippen LogP contribution in [0.1, 0.15) is 39.0 Å². The van der Waals surface area contributed by atoms with Crippen LogP contribution in [0.3, 0.4) is 0 Å². The summed E-state index contributed by atoms with van der Waals surface area (Å²) in [5.41, 5.74) is 7.17. The molecule has 0 aliphatic carbocycles. The number of carbonyl (C=O) groups is 2. The van der Waals surface area contributed by atoms with E-state index in [1.807, 2.05) is 48.5 Å². The van der Waals surface area contributed by atoms with Gasteiger partial charge in [0, 0.05) is 24.4 Å². The van der Waals surface area contributed by atoms with Crippen molar-refractivity contribution in [1.29, 1.82) is 0 Å². The summed E-state index contributed by atoms with van der Waals surface area (Å²) in [5.74, 6) is 4.98. The number of benzene rings is 2. The summed E-state index contributed by atoms with van der Waals surface area (Å²) in [7, 11) is 1.62. The maximum Gasteiger partial charge on any atom is 0.251 e. The molecule has 33 heavy (non-hydrogen) atoms. The molecule has 8 nitrogen and oxygen atoms in total. The van der Waals surface area contributed by atoms with Crippen molar-refractivity contribution < 1.29 is 9.59 Å². The Morgan fingerprint density at radius 1 is 1.00 bits per heavy atom. The van der Waals surface area contributed by atoms with Gasteiger partial charge in [0.25, 0.3) is 5.91 Å². The van der Waals surface area contributed by atoms with E-state index in [9.17, 15) is 9.59 Å². The van der Waals surface area contributed by atoms with E-state index in [0.717, 1.165) is 47.5 Å². The van der Waals surface area contributed by atoms with E-state index in [4.69, 9.17) is 5.84 Å². The van der Waals surface area contributed by atoms with Gasteiger partial charge in [-0.15, -0.1) is 11.3 Å². The fourth-order valence-corrected chi connectivity index (χ4v) is 4.38. The van der Waals surface area contributed by atoms with Gasteiger partial charge in [0.05, 0.1) is 11.4 Å². The van der Waals surface area contributed by atoms with Crippen molar-refractivity contribution in [3.63, 3.8) is 0 Å². The smallest absolute Gasteiger partial charge is 0.251 e. The molecule has 9 heteroatoms. The molecule has 3 aromatic rings. The molecule has 172 valence electrons. The van der Waals surface area contributed by atoms with Crippen LogP contribution in [0.2, 0.25) is 0 Å². The minimum Gasteiger partial charge on any atom is -0.355 e. The monoisotopic (exact) mass is 464 g/mol. The largest absolute Gasteiger partial charge is 0.355 e. The summed E-state index contributed by atoms with van der Waals surface area (Å²) >= 11 is 1.52. The Labute approximate surface area is 197 Å². The van der Waals surface area contributed by atoms with Crippen molar-refractivity contribution in [2.75, 3.05) is 12.4 Å². The molecule has 0 bridgehead atoms. The van der Waals surface area contributed by atoms with E-state index in [0.29, 0.717) is 10.7 Å². The van der Waals surface area contributed by atoms with Gasteiger partial charge in [-0.1, -0.05) is 24.3 Å². The second-order valence-corrected chi connectivity index (χ2v) is 8.52. The predicted octanol–water partition coefficient (Wildman–Crippen LogP) is 3.15. The molecule has 0 aliphatic heterocycles. The van der Waals surface area contributed by atoms with Crippen molar-refractivity contribution >= 4 is 40.3 Å². The fraction of sp³-hybridized carbons (Fsp3) is 0.250. The molecule has 3 rings (SSSR count). The third-order valence-corrected chi connectivity index (χ3v) is 6.09. The number of aliphatic imine (C=N–C) groups is 1. The number of carbonyl (C=O) groups excluding carboxylic acids is 2. The van der Waals surface area contributed by atoms with Gasteiger partial charge in [-0.3, -0.25) is 9.59 Å². The molecule has 0 aliphatic rings. The summed E-state index contributed by atoms with van der Waals surface area (Å²) in [4.78, 5) is 33.2. The van der Waals surface area contributed by atoms with E-state index < -0.39 is 0 Å². The van der Waals surface area contributed by atoms with E-state index in [-0.39, 0.29) is 11.8 Å². The number of nitrogens with one attached hydrogen (secondary N) is 3. The lowest BCUT2D eigenvalue weighted by atomic mass is 10.0. The molecule has 2 amide bonds. The van der Waals surface area contributed by atoms with Crippen LogP contribution in [0.4, 0.5) is 10.8 Å². The van der Waals surface area contributed by atoms with Gasteiger partial charge in [-0.25, -0.2) is 15.8 Å². The van der Waals surface area contributed by atoms with Crippen LogP contribution in [0, 0.1) is 0 Å². The average Bonchev–Trinajstić information content (AvgIpc) is 3.21. The highest BCUT2D eigenvalue weighted by Gasteiger charge is 2.13. The van der Waals surface area contributed by atoms with Crippen LogP contribution in [0.25, 0.3) is 0 Å². The number of hydrogen-bond acceptors (Lipinski definition) is 6. The van der Waals surface area contributed by atoms with Gasteiger partial charge >= 0.3 is 0 Å². The lowest BCUT2D eigenvalue weighted by Crippen LogP contribution is -2.18. The second kappa shape index (κ2) is 11.9. The fourth-order valence-electron chi connectivity index (χ4n) is 3.33. The zero-order valence-corrected chi connectivity index (χ0v) is 19.5. The Morgan fingerprint density at radius 3 is 2.24 bits per heavy atom. The molecule has 0 atom stereocenters. The lowest BCUT2D eigenvalue weighted by molar-refractivity contribution is -0.114. The molecule has 2 aromatic carbocycles. The Morgan fingerprint density at radius 2 is 1.64 bits per heavy atom. The molecule has 5 N–H and O–H groups in total. The van der Waals surface area contributed by atoms with Gasteiger partial charge in [0.15, 0.2) is 5.13 Å². The van der Waals surface area contributed by atoms with Crippen LogP contribution in [-0.2, 0) is 30.5 Å². The van der Waals surface area contributed by atoms with Crippen molar-refractivity contribution in [2.45, 2.75) is 32.6 Å². The second-order valence-electron chi connectivity index (χ2n) is 7.44. The summed E-state index contributed by atoms with van der Waals surface area (Å²) in [5, 5.41) is 6.06. The van der Waals surface area contributed by atoms with Crippen molar-refractivity contribution in [3.8, 4) is 0 Å². The first-order chi connectivity index (χ1) is 16.0. The molecule has 0 saturated carbocycles. The zero-order valence-electron chi connectivity index (χ0n) is 18.7. The van der Waals surface area contributed by atoms with Gasteiger partial charge in [-0.2, -0.15) is 0 Å². The summed E-state index contributed by atoms with van der Waals surface area (Å²) in [6.45, 7) is 1.49. The van der Waals surface area contributed by atoms with Crippen molar-refractivity contribution in [3.05, 3.63) is 75.8 Å².